The number of furan rings is 1. The molecule has 1 aromatic carbocycles. The molecule has 0 aliphatic rings. The van der Waals surface area contributed by atoms with E-state index in [1.165, 1.54) is 11.8 Å². The maximum Gasteiger partial charge on any atom is 0.185 e. The lowest BCUT2D eigenvalue weighted by atomic mass is 10.1. The predicted octanol–water partition coefficient (Wildman–Crippen LogP) is 3.45. The molecule has 0 N–H and O–H groups in total. The van der Waals surface area contributed by atoms with Crippen molar-refractivity contribution < 1.29 is 9.21 Å². The molecule has 1 heterocycles. The minimum absolute atomic E-state index is 0.145. The van der Waals surface area contributed by atoms with Gasteiger partial charge >= 0.3 is 0 Å². The summed E-state index contributed by atoms with van der Waals surface area (Å²) in [5.41, 5.74) is 1.86. The minimum Gasteiger partial charge on any atom is -0.464 e. The van der Waals surface area contributed by atoms with Crippen LogP contribution in [0.5, 0.6) is 0 Å². The molecular weight excluding hydrogens is 232 g/mol. The number of carbonyl (C=O) groups is 1. The summed E-state index contributed by atoms with van der Waals surface area (Å²) in [5, 5.41) is 1.21. The topological polar surface area (TPSA) is 30.2 Å². The first kappa shape index (κ1) is 11.8. The quantitative estimate of drug-likeness (QED) is 0.598. The SMILES string of the molecule is CC(=O)SCCC#Cc1ccc2occc2c1. The molecule has 0 bridgehead atoms. The van der Waals surface area contributed by atoms with E-state index in [0.717, 1.165) is 28.7 Å². The van der Waals surface area contributed by atoms with E-state index in [4.69, 9.17) is 4.42 Å². The van der Waals surface area contributed by atoms with E-state index in [2.05, 4.69) is 11.8 Å². The van der Waals surface area contributed by atoms with Gasteiger partial charge in [-0.3, -0.25) is 4.79 Å². The lowest BCUT2D eigenvalue weighted by Gasteiger charge is -1.91. The lowest BCUT2D eigenvalue weighted by molar-refractivity contribution is -0.109. The van der Waals surface area contributed by atoms with E-state index in [1.807, 2.05) is 24.3 Å². The van der Waals surface area contributed by atoms with Crippen LogP contribution in [-0.4, -0.2) is 10.9 Å². The van der Waals surface area contributed by atoms with E-state index in [9.17, 15) is 4.79 Å². The zero-order valence-electron chi connectivity index (χ0n) is 9.53. The van der Waals surface area contributed by atoms with Crippen molar-refractivity contribution in [3.8, 4) is 11.8 Å². The second-order valence-electron chi connectivity index (χ2n) is 3.57. The fraction of sp³-hybridized carbons (Fsp3) is 0.214. The van der Waals surface area contributed by atoms with Crippen LogP contribution in [0, 0.1) is 11.8 Å². The molecule has 0 radical (unpaired) electrons. The fourth-order valence-corrected chi connectivity index (χ4v) is 1.95. The van der Waals surface area contributed by atoms with Gasteiger partial charge in [0.25, 0.3) is 0 Å². The van der Waals surface area contributed by atoms with Crippen molar-refractivity contribution in [1.82, 2.24) is 0 Å². The summed E-state index contributed by atoms with van der Waals surface area (Å²) >= 11 is 1.31. The Kier molecular flexibility index (Phi) is 3.89. The maximum atomic E-state index is 10.7. The molecule has 2 aromatic rings. The Bertz CT molecular complexity index is 587. The van der Waals surface area contributed by atoms with Gasteiger partial charge in [-0.1, -0.05) is 23.6 Å². The number of fused-ring (bicyclic) bond motifs is 1. The zero-order valence-corrected chi connectivity index (χ0v) is 10.3. The molecule has 0 aliphatic heterocycles. The van der Waals surface area contributed by atoms with Crippen LogP contribution in [0.15, 0.2) is 34.9 Å². The maximum absolute atomic E-state index is 10.7. The number of thioether (sulfide) groups is 1. The average molecular weight is 244 g/mol. The normalized spacial score (nSPS) is 9.94. The van der Waals surface area contributed by atoms with Gasteiger partial charge < -0.3 is 4.42 Å². The highest BCUT2D eigenvalue weighted by Crippen LogP contribution is 2.16. The molecule has 0 unspecified atom stereocenters. The van der Waals surface area contributed by atoms with Gasteiger partial charge in [-0.25, -0.2) is 0 Å². The van der Waals surface area contributed by atoms with Crippen molar-refractivity contribution in [3.63, 3.8) is 0 Å². The van der Waals surface area contributed by atoms with E-state index >= 15 is 0 Å². The van der Waals surface area contributed by atoms with E-state index in [1.54, 1.807) is 13.2 Å². The Morgan fingerprint density at radius 1 is 1.41 bits per heavy atom. The first-order valence-electron chi connectivity index (χ1n) is 5.35. The summed E-state index contributed by atoms with van der Waals surface area (Å²) in [4.78, 5) is 10.7. The Balaban J connectivity index is 1.98. The second-order valence-corrected chi connectivity index (χ2v) is 4.84. The number of rotatable bonds is 2. The fourth-order valence-electron chi connectivity index (χ4n) is 1.45. The molecule has 0 spiro atoms. The van der Waals surface area contributed by atoms with Crippen LogP contribution in [0.3, 0.4) is 0 Å². The van der Waals surface area contributed by atoms with Crippen LogP contribution in [0.2, 0.25) is 0 Å². The van der Waals surface area contributed by atoms with E-state index < -0.39 is 0 Å². The highest BCUT2D eigenvalue weighted by atomic mass is 32.2. The molecule has 0 aliphatic carbocycles. The molecule has 0 saturated heterocycles. The van der Waals surface area contributed by atoms with Crippen LogP contribution in [-0.2, 0) is 4.79 Å². The summed E-state index contributed by atoms with van der Waals surface area (Å²) in [6.45, 7) is 1.57. The third-order valence-corrected chi connectivity index (χ3v) is 3.03. The Hall–Kier alpha value is -1.66. The minimum atomic E-state index is 0.145. The molecular formula is C14H12O2S. The molecule has 2 rings (SSSR count). The van der Waals surface area contributed by atoms with Gasteiger partial charge in [0.05, 0.1) is 6.26 Å². The number of benzene rings is 1. The van der Waals surface area contributed by atoms with Crippen molar-refractivity contribution in [1.29, 1.82) is 0 Å². The first-order chi connectivity index (χ1) is 8.25. The van der Waals surface area contributed by atoms with Crippen molar-refractivity contribution >= 4 is 27.8 Å². The molecule has 3 heteroatoms. The Morgan fingerprint density at radius 2 is 2.29 bits per heavy atom. The predicted molar refractivity (Wildman–Crippen MR) is 70.8 cm³/mol. The molecule has 17 heavy (non-hydrogen) atoms. The van der Waals surface area contributed by atoms with Gasteiger partial charge in [0.2, 0.25) is 0 Å². The average Bonchev–Trinajstić information content (AvgIpc) is 2.75. The summed E-state index contributed by atoms with van der Waals surface area (Å²) < 4.78 is 5.25. The molecule has 0 atom stereocenters. The monoisotopic (exact) mass is 244 g/mol. The van der Waals surface area contributed by atoms with Gasteiger partial charge in [0, 0.05) is 30.0 Å². The van der Waals surface area contributed by atoms with Crippen LogP contribution in [0.1, 0.15) is 18.9 Å². The van der Waals surface area contributed by atoms with Gasteiger partial charge in [0.1, 0.15) is 5.58 Å². The summed E-state index contributed by atoms with van der Waals surface area (Å²) in [7, 11) is 0. The number of hydrogen-bond donors (Lipinski definition) is 0. The van der Waals surface area contributed by atoms with Crippen molar-refractivity contribution in [2.24, 2.45) is 0 Å². The van der Waals surface area contributed by atoms with Crippen LogP contribution < -0.4 is 0 Å². The van der Waals surface area contributed by atoms with Crippen LogP contribution in [0.4, 0.5) is 0 Å². The molecule has 1 aromatic heterocycles. The molecule has 0 fully saturated rings. The van der Waals surface area contributed by atoms with Crippen molar-refractivity contribution in [3.05, 3.63) is 36.1 Å². The largest absolute Gasteiger partial charge is 0.464 e. The highest BCUT2D eigenvalue weighted by Gasteiger charge is 1.96. The zero-order chi connectivity index (χ0) is 12.1. The van der Waals surface area contributed by atoms with E-state index in [-0.39, 0.29) is 5.12 Å². The summed E-state index contributed by atoms with van der Waals surface area (Å²) in [5.74, 6) is 6.90. The van der Waals surface area contributed by atoms with Gasteiger partial charge in [-0.15, -0.1) is 0 Å². The van der Waals surface area contributed by atoms with E-state index in [0.29, 0.717) is 0 Å². The van der Waals surface area contributed by atoms with Gasteiger partial charge in [0.15, 0.2) is 5.12 Å². The standard InChI is InChI=1S/C14H12O2S/c1-11(15)17-9-3-2-4-12-5-6-14-13(10-12)7-8-16-14/h5-8,10H,3,9H2,1H3. The number of hydrogen-bond acceptors (Lipinski definition) is 3. The molecule has 0 saturated carbocycles. The smallest absolute Gasteiger partial charge is 0.185 e. The summed E-state index contributed by atoms with van der Waals surface area (Å²) in [6, 6.07) is 7.79. The molecule has 0 amide bonds. The summed E-state index contributed by atoms with van der Waals surface area (Å²) in [6.07, 6.45) is 2.40. The second kappa shape index (κ2) is 5.60. The van der Waals surface area contributed by atoms with Crippen LogP contribution >= 0.6 is 11.8 Å². The first-order valence-corrected chi connectivity index (χ1v) is 6.34. The third kappa shape index (κ3) is 3.40. The van der Waals surface area contributed by atoms with Gasteiger partial charge in [-0.2, -0.15) is 0 Å². The van der Waals surface area contributed by atoms with Crippen molar-refractivity contribution in [2.45, 2.75) is 13.3 Å². The number of carbonyl (C=O) groups excluding carboxylic acids is 1. The van der Waals surface area contributed by atoms with Gasteiger partial charge in [-0.05, 0) is 24.3 Å². The molecule has 2 nitrogen and oxygen atoms in total. The molecule has 86 valence electrons. The van der Waals surface area contributed by atoms with Crippen molar-refractivity contribution in [2.75, 3.05) is 5.75 Å². The Labute approximate surface area is 104 Å². The van der Waals surface area contributed by atoms with Crippen LogP contribution in [0.25, 0.3) is 11.0 Å². The Morgan fingerprint density at radius 3 is 3.12 bits per heavy atom. The lowest BCUT2D eigenvalue weighted by Crippen LogP contribution is -1.84. The highest BCUT2D eigenvalue weighted by molar-refractivity contribution is 8.13. The third-order valence-electron chi connectivity index (χ3n) is 2.22.